The fraction of sp³-hybridized carbons (Fsp3) is 0.500. The van der Waals surface area contributed by atoms with Gasteiger partial charge in [0.25, 0.3) is 0 Å². The number of methoxy groups -OCH3 is 1. The summed E-state index contributed by atoms with van der Waals surface area (Å²) < 4.78 is 4.37. The Morgan fingerprint density at radius 1 is 1.67 bits per heavy atom. The third-order valence-corrected chi connectivity index (χ3v) is 0.971. The number of hydrogen-bond acceptors (Lipinski definition) is 4. The zero-order valence-electron chi connectivity index (χ0n) is 6.74. The average Bonchev–Trinajstić information content (AvgIpc) is 2.03. The van der Waals surface area contributed by atoms with Crippen molar-refractivity contribution in [2.24, 2.45) is 10.8 Å². The van der Waals surface area contributed by atoms with E-state index in [1.54, 1.807) is 0 Å². The van der Waals surface area contributed by atoms with Crippen LogP contribution in [0.15, 0.2) is 5.10 Å². The second-order valence-electron chi connectivity index (χ2n) is 1.90. The molecule has 0 radical (unpaired) electrons. The van der Waals surface area contributed by atoms with Gasteiger partial charge >= 0.3 is 12.0 Å². The molecule has 3 N–H and O–H groups in total. The molecule has 0 aliphatic carbocycles. The smallest absolute Gasteiger partial charge is 0.332 e. The molecule has 0 aromatic carbocycles. The Morgan fingerprint density at radius 2 is 2.33 bits per heavy atom. The van der Waals surface area contributed by atoms with E-state index in [4.69, 9.17) is 5.73 Å². The van der Waals surface area contributed by atoms with E-state index in [0.717, 1.165) is 0 Å². The molecular formula is C6H11N3O3. The highest BCUT2D eigenvalue weighted by Crippen LogP contribution is 1.87. The first-order valence-electron chi connectivity index (χ1n) is 3.30. The summed E-state index contributed by atoms with van der Waals surface area (Å²) in [6.45, 7) is 0. The molecule has 12 heavy (non-hydrogen) atoms. The molecule has 0 heterocycles. The molecule has 0 spiro atoms. The molecule has 0 aromatic rings. The van der Waals surface area contributed by atoms with Gasteiger partial charge in [-0.25, -0.2) is 10.2 Å². The molecule has 6 nitrogen and oxygen atoms in total. The second kappa shape index (κ2) is 6.14. The molecule has 0 aliphatic heterocycles. The number of primary amides is 1. The summed E-state index contributed by atoms with van der Waals surface area (Å²) in [5.41, 5.74) is 6.70. The Bertz CT molecular complexity index is 190. The van der Waals surface area contributed by atoms with Crippen molar-refractivity contribution in [3.05, 3.63) is 0 Å². The molecular weight excluding hydrogens is 162 g/mol. The molecule has 0 unspecified atom stereocenters. The number of hydrogen-bond donors (Lipinski definition) is 2. The van der Waals surface area contributed by atoms with E-state index in [1.165, 1.54) is 13.3 Å². The summed E-state index contributed by atoms with van der Waals surface area (Å²) in [6, 6.07) is -0.732. The van der Waals surface area contributed by atoms with Crippen LogP contribution in [-0.4, -0.2) is 25.3 Å². The Morgan fingerprint density at radius 3 is 2.83 bits per heavy atom. The van der Waals surface area contributed by atoms with Crippen LogP contribution < -0.4 is 11.2 Å². The monoisotopic (exact) mass is 173 g/mol. The van der Waals surface area contributed by atoms with Crippen molar-refractivity contribution in [3.8, 4) is 0 Å². The normalized spacial score (nSPS) is 9.75. The minimum absolute atomic E-state index is 0.237. The van der Waals surface area contributed by atoms with E-state index in [9.17, 15) is 9.59 Å². The van der Waals surface area contributed by atoms with Crippen LogP contribution in [0, 0.1) is 0 Å². The van der Waals surface area contributed by atoms with Gasteiger partial charge in [0, 0.05) is 6.21 Å². The second-order valence-corrected chi connectivity index (χ2v) is 1.90. The number of rotatable bonds is 4. The van der Waals surface area contributed by atoms with Gasteiger partial charge in [-0.2, -0.15) is 5.10 Å². The molecule has 6 heteroatoms. The van der Waals surface area contributed by atoms with Crippen molar-refractivity contribution < 1.29 is 14.3 Å². The lowest BCUT2D eigenvalue weighted by molar-refractivity contribution is -0.140. The summed E-state index contributed by atoms with van der Waals surface area (Å²) in [5, 5.41) is 3.42. The number of nitrogens with two attached hydrogens (primary N) is 1. The van der Waals surface area contributed by atoms with Crippen LogP contribution in [0.5, 0.6) is 0 Å². The topological polar surface area (TPSA) is 93.8 Å². The first-order valence-corrected chi connectivity index (χ1v) is 3.30. The van der Waals surface area contributed by atoms with E-state index in [-0.39, 0.29) is 12.4 Å². The Hall–Kier alpha value is -1.59. The van der Waals surface area contributed by atoms with Gasteiger partial charge in [-0.05, 0) is 6.42 Å². The number of hydrazone groups is 1. The lowest BCUT2D eigenvalue weighted by Gasteiger charge is -1.93. The summed E-state index contributed by atoms with van der Waals surface area (Å²) in [6.07, 6.45) is 2.02. The first-order chi connectivity index (χ1) is 5.66. The zero-order chi connectivity index (χ0) is 9.40. The number of amides is 2. The molecule has 0 saturated heterocycles. The molecule has 2 amide bonds. The molecule has 0 saturated carbocycles. The van der Waals surface area contributed by atoms with E-state index in [0.29, 0.717) is 6.42 Å². The van der Waals surface area contributed by atoms with Crippen molar-refractivity contribution in [2.45, 2.75) is 12.8 Å². The Balaban J connectivity index is 3.36. The van der Waals surface area contributed by atoms with Crippen molar-refractivity contribution >= 4 is 18.2 Å². The highest BCUT2D eigenvalue weighted by molar-refractivity contribution is 5.75. The van der Waals surface area contributed by atoms with E-state index in [1.807, 2.05) is 5.43 Å². The minimum Gasteiger partial charge on any atom is -0.469 e. The summed E-state index contributed by atoms with van der Waals surface area (Å²) in [5.74, 6) is -0.319. The van der Waals surface area contributed by atoms with E-state index < -0.39 is 6.03 Å². The van der Waals surface area contributed by atoms with Crippen LogP contribution in [0.2, 0.25) is 0 Å². The summed E-state index contributed by atoms with van der Waals surface area (Å²) in [4.78, 5) is 20.6. The number of carbonyl (C=O) groups is 2. The predicted octanol–water partition coefficient (Wildman–Crippen LogP) is -0.406. The highest BCUT2D eigenvalue weighted by atomic mass is 16.5. The van der Waals surface area contributed by atoms with Crippen LogP contribution in [0.25, 0.3) is 0 Å². The number of esters is 1. The van der Waals surface area contributed by atoms with Crippen LogP contribution in [0.1, 0.15) is 12.8 Å². The molecule has 0 aliphatic rings. The maximum Gasteiger partial charge on any atom is 0.332 e. The molecule has 68 valence electrons. The molecule has 0 rings (SSSR count). The predicted molar refractivity (Wildman–Crippen MR) is 42.5 cm³/mol. The SMILES string of the molecule is COC(=O)CCC=NNC(N)=O. The van der Waals surface area contributed by atoms with Gasteiger partial charge in [0.1, 0.15) is 0 Å². The Labute approximate surface area is 69.8 Å². The van der Waals surface area contributed by atoms with Gasteiger partial charge < -0.3 is 10.5 Å². The van der Waals surface area contributed by atoms with Crippen molar-refractivity contribution in [1.82, 2.24) is 5.43 Å². The van der Waals surface area contributed by atoms with Gasteiger partial charge in [-0.3, -0.25) is 4.79 Å². The third-order valence-electron chi connectivity index (χ3n) is 0.971. The maximum atomic E-state index is 10.5. The van der Waals surface area contributed by atoms with Gasteiger partial charge in [-0.15, -0.1) is 0 Å². The van der Waals surface area contributed by atoms with Crippen molar-refractivity contribution in [3.63, 3.8) is 0 Å². The summed E-state index contributed by atoms with van der Waals surface area (Å²) >= 11 is 0. The van der Waals surface area contributed by atoms with Crippen molar-refractivity contribution in [1.29, 1.82) is 0 Å². The average molecular weight is 173 g/mol. The lowest BCUT2D eigenvalue weighted by atomic mass is 10.3. The van der Waals surface area contributed by atoms with Gasteiger partial charge in [0.05, 0.1) is 13.5 Å². The maximum absolute atomic E-state index is 10.5. The van der Waals surface area contributed by atoms with Gasteiger partial charge in [0.15, 0.2) is 0 Å². The number of urea groups is 1. The quantitative estimate of drug-likeness (QED) is 0.344. The lowest BCUT2D eigenvalue weighted by Crippen LogP contribution is -2.24. The first kappa shape index (κ1) is 10.4. The van der Waals surface area contributed by atoms with Crippen LogP contribution >= 0.6 is 0 Å². The zero-order valence-corrected chi connectivity index (χ0v) is 6.74. The number of ether oxygens (including phenoxy) is 1. The van der Waals surface area contributed by atoms with Crippen LogP contribution in [0.3, 0.4) is 0 Å². The number of nitrogens with zero attached hydrogens (tertiary/aromatic N) is 1. The fourth-order valence-electron chi connectivity index (χ4n) is 0.458. The summed E-state index contributed by atoms with van der Waals surface area (Å²) in [7, 11) is 1.31. The molecule has 0 bridgehead atoms. The fourth-order valence-corrected chi connectivity index (χ4v) is 0.458. The Kier molecular flexibility index (Phi) is 5.33. The van der Waals surface area contributed by atoms with Gasteiger partial charge in [-0.1, -0.05) is 0 Å². The van der Waals surface area contributed by atoms with E-state index in [2.05, 4.69) is 9.84 Å². The third kappa shape index (κ3) is 6.53. The molecule has 0 aromatic heterocycles. The number of carbonyl (C=O) groups excluding carboxylic acids is 2. The molecule has 0 atom stereocenters. The minimum atomic E-state index is -0.732. The van der Waals surface area contributed by atoms with Crippen molar-refractivity contribution in [2.75, 3.05) is 7.11 Å². The number of nitrogens with one attached hydrogen (secondary N) is 1. The van der Waals surface area contributed by atoms with Gasteiger partial charge in [0.2, 0.25) is 0 Å². The standard InChI is InChI=1S/C6H11N3O3/c1-12-5(10)3-2-4-8-9-6(7)11/h4H,2-3H2,1H3,(H3,7,9,11). The highest BCUT2D eigenvalue weighted by Gasteiger charge is 1.95. The largest absolute Gasteiger partial charge is 0.469 e. The van der Waals surface area contributed by atoms with Crippen LogP contribution in [-0.2, 0) is 9.53 Å². The van der Waals surface area contributed by atoms with Crippen LogP contribution in [0.4, 0.5) is 4.79 Å². The van der Waals surface area contributed by atoms with E-state index >= 15 is 0 Å². The molecule has 0 fully saturated rings.